The number of ether oxygens (including phenoxy) is 2. The van der Waals surface area contributed by atoms with Crippen molar-refractivity contribution in [3.05, 3.63) is 0 Å². The van der Waals surface area contributed by atoms with Crippen LogP contribution in [-0.4, -0.2) is 32.5 Å². The third-order valence-corrected chi connectivity index (χ3v) is 2.00. The zero-order chi connectivity index (χ0) is 11.0. The molecule has 0 aromatic heterocycles. The van der Waals surface area contributed by atoms with Gasteiger partial charge in [-0.05, 0) is 26.2 Å². The summed E-state index contributed by atoms with van der Waals surface area (Å²) < 4.78 is 10.6. The molecule has 0 spiro atoms. The van der Waals surface area contributed by atoms with E-state index in [1.165, 1.54) is 0 Å². The van der Waals surface area contributed by atoms with Crippen LogP contribution in [0.2, 0.25) is 0 Å². The van der Waals surface area contributed by atoms with Gasteiger partial charge in [0.15, 0.2) is 0 Å². The van der Waals surface area contributed by atoms with E-state index in [-0.39, 0.29) is 12.1 Å². The van der Waals surface area contributed by atoms with Crippen LogP contribution in [0.25, 0.3) is 0 Å². The summed E-state index contributed by atoms with van der Waals surface area (Å²) in [5.74, 6) is 5.93. The summed E-state index contributed by atoms with van der Waals surface area (Å²) >= 11 is 0. The minimum absolute atomic E-state index is 0.211. The predicted octanol–water partition coefficient (Wildman–Crippen LogP) is 0.916. The third kappa shape index (κ3) is 7.26. The molecule has 2 unspecified atom stereocenters. The first-order valence-corrected chi connectivity index (χ1v) is 5.16. The molecule has 4 heteroatoms. The molecule has 0 saturated heterocycles. The Morgan fingerprint density at radius 2 is 1.86 bits per heavy atom. The number of hydrogen-bond donors (Lipinski definition) is 2. The van der Waals surface area contributed by atoms with Crippen molar-refractivity contribution in [1.29, 1.82) is 0 Å². The van der Waals surface area contributed by atoms with Crippen LogP contribution in [-0.2, 0) is 9.47 Å². The summed E-state index contributed by atoms with van der Waals surface area (Å²) in [5, 5.41) is 0. The van der Waals surface area contributed by atoms with Gasteiger partial charge >= 0.3 is 0 Å². The average Bonchev–Trinajstić information content (AvgIpc) is 2.12. The molecule has 0 fully saturated rings. The topological polar surface area (TPSA) is 56.5 Å². The highest BCUT2D eigenvalue weighted by molar-refractivity contribution is 4.67. The van der Waals surface area contributed by atoms with Gasteiger partial charge in [0, 0.05) is 19.8 Å². The number of methoxy groups -OCH3 is 1. The first-order valence-electron chi connectivity index (χ1n) is 5.16. The van der Waals surface area contributed by atoms with Crippen LogP contribution in [0.15, 0.2) is 0 Å². The van der Waals surface area contributed by atoms with Crippen LogP contribution in [0.3, 0.4) is 0 Å². The quantitative estimate of drug-likeness (QED) is 0.456. The lowest BCUT2D eigenvalue weighted by molar-refractivity contribution is 0.0520. The van der Waals surface area contributed by atoms with Gasteiger partial charge in [-0.1, -0.05) is 6.92 Å². The molecule has 86 valence electrons. The highest BCUT2D eigenvalue weighted by Crippen LogP contribution is 2.06. The van der Waals surface area contributed by atoms with Crippen LogP contribution < -0.4 is 11.3 Å². The number of nitrogens with one attached hydrogen (secondary N) is 1. The van der Waals surface area contributed by atoms with E-state index in [9.17, 15) is 0 Å². The summed E-state index contributed by atoms with van der Waals surface area (Å²) in [6.45, 7) is 7.60. The molecule has 0 rings (SSSR count). The molecule has 0 radical (unpaired) electrons. The zero-order valence-electron chi connectivity index (χ0n) is 9.75. The molecule has 0 heterocycles. The molecular weight excluding hydrogens is 180 g/mol. The Hall–Kier alpha value is -0.160. The Balaban J connectivity index is 3.66. The second-order valence-corrected chi connectivity index (χ2v) is 4.04. The van der Waals surface area contributed by atoms with Crippen molar-refractivity contribution in [2.75, 3.05) is 20.3 Å². The van der Waals surface area contributed by atoms with E-state index < -0.39 is 0 Å². The van der Waals surface area contributed by atoms with Gasteiger partial charge in [0.2, 0.25) is 0 Å². The van der Waals surface area contributed by atoms with Gasteiger partial charge in [0.1, 0.15) is 0 Å². The fraction of sp³-hybridized carbons (Fsp3) is 1.00. The molecule has 0 amide bonds. The Morgan fingerprint density at radius 3 is 2.29 bits per heavy atom. The molecule has 0 aliphatic rings. The fourth-order valence-corrected chi connectivity index (χ4v) is 1.33. The van der Waals surface area contributed by atoms with E-state index in [1.54, 1.807) is 7.11 Å². The van der Waals surface area contributed by atoms with Crippen molar-refractivity contribution in [1.82, 2.24) is 5.43 Å². The van der Waals surface area contributed by atoms with E-state index >= 15 is 0 Å². The highest BCUT2D eigenvalue weighted by atomic mass is 16.5. The lowest BCUT2D eigenvalue weighted by Gasteiger charge is -2.20. The Labute approximate surface area is 87.1 Å². The summed E-state index contributed by atoms with van der Waals surface area (Å²) in [7, 11) is 1.71. The number of hydrogen-bond acceptors (Lipinski definition) is 4. The summed E-state index contributed by atoms with van der Waals surface area (Å²) in [4.78, 5) is 0. The molecule has 0 aromatic rings. The molecule has 0 aliphatic carbocycles. The van der Waals surface area contributed by atoms with Gasteiger partial charge < -0.3 is 9.47 Å². The minimum atomic E-state index is 0.211. The monoisotopic (exact) mass is 204 g/mol. The number of hydrazine groups is 1. The largest absolute Gasteiger partial charge is 0.384 e. The van der Waals surface area contributed by atoms with Crippen molar-refractivity contribution in [3.8, 4) is 0 Å². The molecule has 3 N–H and O–H groups in total. The van der Waals surface area contributed by atoms with Gasteiger partial charge in [-0.15, -0.1) is 0 Å². The Bertz CT molecular complexity index is 131. The second kappa shape index (κ2) is 8.17. The normalized spacial score (nSPS) is 15.9. The molecule has 0 saturated carbocycles. The first kappa shape index (κ1) is 13.8. The third-order valence-electron chi connectivity index (χ3n) is 2.00. The zero-order valence-corrected chi connectivity index (χ0v) is 9.75. The van der Waals surface area contributed by atoms with Gasteiger partial charge in [0.05, 0.1) is 12.7 Å². The maximum absolute atomic E-state index is 5.49. The van der Waals surface area contributed by atoms with E-state index in [1.807, 2.05) is 13.8 Å². The van der Waals surface area contributed by atoms with Gasteiger partial charge in [-0.3, -0.25) is 11.3 Å². The van der Waals surface area contributed by atoms with Crippen LogP contribution >= 0.6 is 0 Å². The number of nitrogens with two attached hydrogens (primary N) is 1. The van der Waals surface area contributed by atoms with Gasteiger partial charge in [-0.2, -0.15) is 0 Å². The first-order chi connectivity index (χ1) is 6.60. The SMILES string of the molecule is COCC(C)CC(COC(C)C)NN. The van der Waals surface area contributed by atoms with Crippen molar-refractivity contribution in [2.24, 2.45) is 11.8 Å². The van der Waals surface area contributed by atoms with Gasteiger partial charge in [-0.25, -0.2) is 0 Å². The maximum atomic E-state index is 5.49. The van der Waals surface area contributed by atoms with Crippen LogP contribution in [0.1, 0.15) is 27.2 Å². The van der Waals surface area contributed by atoms with E-state index in [0.29, 0.717) is 12.5 Å². The van der Waals surface area contributed by atoms with E-state index in [2.05, 4.69) is 12.3 Å². The molecule has 0 bridgehead atoms. The van der Waals surface area contributed by atoms with Crippen LogP contribution in [0.5, 0.6) is 0 Å². The minimum Gasteiger partial charge on any atom is -0.384 e. The summed E-state index contributed by atoms with van der Waals surface area (Å²) in [6, 6.07) is 0.211. The number of rotatable bonds is 8. The summed E-state index contributed by atoms with van der Waals surface area (Å²) in [5.41, 5.74) is 2.77. The molecule has 2 atom stereocenters. The Kier molecular flexibility index (Phi) is 8.08. The smallest absolute Gasteiger partial charge is 0.0636 e. The highest BCUT2D eigenvalue weighted by Gasteiger charge is 2.12. The molecule has 0 aromatic carbocycles. The maximum Gasteiger partial charge on any atom is 0.0636 e. The fourth-order valence-electron chi connectivity index (χ4n) is 1.33. The van der Waals surface area contributed by atoms with E-state index in [0.717, 1.165) is 13.0 Å². The van der Waals surface area contributed by atoms with Crippen molar-refractivity contribution in [2.45, 2.75) is 39.3 Å². The summed E-state index contributed by atoms with van der Waals surface area (Å²) in [6.07, 6.45) is 1.22. The van der Waals surface area contributed by atoms with Crippen molar-refractivity contribution < 1.29 is 9.47 Å². The molecular formula is C10H24N2O2. The molecule has 4 nitrogen and oxygen atoms in total. The van der Waals surface area contributed by atoms with Gasteiger partial charge in [0.25, 0.3) is 0 Å². The second-order valence-electron chi connectivity index (χ2n) is 4.04. The molecule has 14 heavy (non-hydrogen) atoms. The lowest BCUT2D eigenvalue weighted by Crippen LogP contribution is -2.40. The lowest BCUT2D eigenvalue weighted by atomic mass is 10.0. The van der Waals surface area contributed by atoms with E-state index in [4.69, 9.17) is 15.3 Å². The van der Waals surface area contributed by atoms with Crippen molar-refractivity contribution in [3.63, 3.8) is 0 Å². The average molecular weight is 204 g/mol. The van der Waals surface area contributed by atoms with Crippen molar-refractivity contribution >= 4 is 0 Å². The predicted molar refractivity (Wildman–Crippen MR) is 57.9 cm³/mol. The standard InChI is InChI=1S/C10H24N2O2/c1-8(2)14-7-10(12-11)5-9(3)6-13-4/h8-10,12H,5-7,11H2,1-4H3. The van der Waals surface area contributed by atoms with Crippen LogP contribution in [0, 0.1) is 5.92 Å². The van der Waals surface area contributed by atoms with Crippen LogP contribution in [0.4, 0.5) is 0 Å². The Morgan fingerprint density at radius 1 is 1.21 bits per heavy atom. The molecule has 0 aliphatic heterocycles.